The number of hydrogen-bond acceptors (Lipinski definition) is 6. The second-order valence-corrected chi connectivity index (χ2v) is 7.56. The molecule has 2 amide bonds. The van der Waals surface area contributed by atoms with Gasteiger partial charge in [-0.05, 0) is 24.6 Å². The molecular weight excluding hydrogens is 392 g/mol. The third-order valence-corrected chi connectivity index (χ3v) is 5.26. The number of benzene rings is 2. The summed E-state index contributed by atoms with van der Waals surface area (Å²) in [6, 6.07) is 14.2. The largest absolute Gasteiger partial charge is 0.495 e. The highest BCUT2D eigenvalue weighted by Crippen LogP contribution is 2.28. The van der Waals surface area contributed by atoms with Gasteiger partial charge in [-0.2, -0.15) is 0 Å². The average Bonchev–Trinajstić information content (AvgIpc) is 3.11. The molecule has 1 aliphatic heterocycles. The molecule has 0 aromatic heterocycles. The molecule has 29 heavy (non-hydrogen) atoms. The maximum Gasteiger partial charge on any atom is 0.326 e. The van der Waals surface area contributed by atoms with E-state index in [1.807, 2.05) is 19.1 Å². The Hall–Kier alpha value is -3.00. The lowest BCUT2D eigenvalue weighted by atomic mass is 10.1. The van der Waals surface area contributed by atoms with E-state index in [0.29, 0.717) is 29.3 Å². The van der Waals surface area contributed by atoms with Gasteiger partial charge in [0.15, 0.2) is 0 Å². The Balaban J connectivity index is 1.78. The molecular formula is C21H22N2O5S. The summed E-state index contributed by atoms with van der Waals surface area (Å²) in [5.41, 5.74) is 1.96. The van der Waals surface area contributed by atoms with E-state index in [0.717, 1.165) is 17.3 Å². The highest BCUT2D eigenvalue weighted by molar-refractivity contribution is 8.13. The van der Waals surface area contributed by atoms with Crippen molar-refractivity contribution in [3.63, 3.8) is 0 Å². The van der Waals surface area contributed by atoms with Gasteiger partial charge in [-0.1, -0.05) is 48.2 Å². The van der Waals surface area contributed by atoms with Crippen molar-refractivity contribution in [3.8, 4) is 5.75 Å². The van der Waals surface area contributed by atoms with Crippen LogP contribution in [0.1, 0.15) is 17.2 Å². The number of esters is 1. The maximum absolute atomic E-state index is 13.0. The first-order chi connectivity index (χ1) is 14.0. The van der Waals surface area contributed by atoms with Crippen LogP contribution in [0.4, 0.5) is 10.5 Å². The fraction of sp³-hybridized carbons (Fsp3) is 0.286. The van der Waals surface area contributed by atoms with Crippen LogP contribution in [0.5, 0.6) is 5.75 Å². The number of aryl methyl sites for hydroxylation is 1. The zero-order valence-corrected chi connectivity index (χ0v) is 17.0. The lowest BCUT2D eigenvalue weighted by molar-refractivity contribution is -0.155. The van der Waals surface area contributed by atoms with Crippen molar-refractivity contribution >= 4 is 34.6 Å². The quantitative estimate of drug-likeness (QED) is 0.699. The van der Waals surface area contributed by atoms with Crippen molar-refractivity contribution < 1.29 is 23.9 Å². The summed E-state index contributed by atoms with van der Waals surface area (Å²) in [5, 5.41) is 2.62. The molecule has 0 aliphatic carbocycles. The van der Waals surface area contributed by atoms with Crippen LogP contribution < -0.4 is 10.1 Å². The topological polar surface area (TPSA) is 84.9 Å². The van der Waals surface area contributed by atoms with E-state index >= 15 is 0 Å². The zero-order valence-electron chi connectivity index (χ0n) is 16.2. The maximum atomic E-state index is 13.0. The molecule has 0 bridgehead atoms. The van der Waals surface area contributed by atoms with Gasteiger partial charge in [0.1, 0.15) is 12.3 Å². The van der Waals surface area contributed by atoms with Crippen LogP contribution in [0.25, 0.3) is 0 Å². The average molecular weight is 414 g/mol. The van der Waals surface area contributed by atoms with Gasteiger partial charge >= 0.3 is 5.97 Å². The van der Waals surface area contributed by atoms with Crippen LogP contribution in [0.3, 0.4) is 0 Å². The van der Waals surface area contributed by atoms with Crippen molar-refractivity contribution in [3.05, 3.63) is 59.7 Å². The highest BCUT2D eigenvalue weighted by Gasteiger charge is 2.29. The van der Waals surface area contributed by atoms with Crippen molar-refractivity contribution in [2.75, 3.05) is 31.3 Å². The minimum atomic E-state index is -1.15. The number of rotatable bonds is 7. The number of ether oxygens (including phenoxy) is 2. The standard InChI is InChI=1S/C21H22N2O5S/c1-14-8-9-17(27-2)16(12-14)22-20(25)19(15-6-4-3-5-7-15)28-18(24)13-23-10-11-29-21(23)26/h3-9,12,19H,10-11,13H2,1-2H3,(H,22,25)/t19-/m1/s1. The lowest BCUT2D eigenvalue weighted by Crippen LogP contribution is -2.34. The number of amides is 2. The Kier molecular flexibility index (Phi) is 6.77. The summed E-state index contributed by atoms with van der Waals surface area (Å²) in [4.78, 5) is 38.6. The van der Waals surface area contributed by atoms with Gasteiger partial charge in [-0.15, -0.1) is 0 Å². The van der Waals surface area contributed by atoms with Crippen LogP contribution in [0.15, 0.2) is 48.5 Å². The SMILES string of the molecule is COc1ccc(C)cc1NC(=O)[C@H](OC(=O)CN1CCSC1=O)c1ccccc1. The van der Waals surface area contributed by atoms with Crippen LogP contribution >= 0.6 is 11.8 Å². The van der Waals surface area contributed by atoms with Crippen LogP contribution in [0, 0.1) is 6.92 Å². The van der Waals surface area contributed by atoms with E-state index in [1.165, 1.54) is 12.0 Å². The fourth-order valence-corrected chi connectivity index (χ4v) is 3.74. The monoisotopic (exact) mass is 414 g/mol. The van der Waals surface area contributed by atoms with Gasteiger partial charge in [0.2, 0.25) is 6.10 Å². The number of carbonyl (C=O) groups is 3. The predicted molar refractivity (Wildman–Crippen MR) is 111 cm³/mol. The van der Waals surface area contributed by atoms with Gasteiger partial charge in [0, 0.05) is 17.9 Å². The Labute approximate surface area is 173 Å². The van der Waals surface area contributed by atoms with Crippen molar-refractivity contribution in [1.82, 2.24) is 4.90 Å². The summed E-state index contributed by atoms with van der Waals surface area (Å²) >= 11 is 1.16. The summed E-state index contributed by atoms with van der Waals surface area (Å²) < 4.78 is 10.8. The Morgan fingerprint density at radius 1 is 1.21 bits per heavy atom. The van der Waals surface area contributed by atoms with Gasteiger partial charge in [0.05, 0.1) is 12.8 Å². The number of nitrogens with one attached hydrogen (secondary N) is 1. The van der Waals surface area contributed by atoms with Gasteiger partial charge in [0.25, 0.3) is 11.1 Å². The minimum Gasteiger partial charge on any atom is -0.495 e. The number of hydrogen-bond donors (Lipinski definition) is 1. The first kappa shape index (κ1) is 20.7. The number of methoxy groups -OCH3 is 1. The van der Waals surface area contributed by atoms with Crippen molar-refractivity contribution in [2.24, 2.45) is 0 Å². The molecule has 8 heteroatoms. The summed E-state index contributed by atoms with van der Waals surface area (Å²) in [7, 11) is 1.51. The predicted octanol–water partition coefficient (Wildman–Crippen LogP) is 3.40. The van der Waals surface area contributed by atoms with E-state index in [-0.39, 0.29) is 11.8 Å². The van der Waals surface area contributed by atoms with E-state index < -0.39 is 18.0 Å². The van der Waals surface area contributed by atoms with Crippen molar-refractivity contribution in [2.45, 2.75) is 13.0 Å². The normalized spacial score (nSPS) is 14.4. The molecule has 1 saturated heterocycles. The van der Waals surface area contributed by atoms with Crippen LogP contribution in [-0.4, -0.2) is 48.0 Å². The van der Waals surface area contributed by atoms with E-state index in [9.17, 15) is 14.4 Å². The zero-order chi connectivity index (χ0) is 20.8. The molecule has 1 atom stereocenters. The van der Waals surface area contributed by atoms with Gasteiger partial charge in [-0.3, -0.25) is 14.4 Å². The first-order valence-electron chi connectivity index (χ1n) is 9.09. The molecule has 0 radical (unpaired) electrons. The molecule has 1 fully saturated rings. The van der Waals surface area contributed by atoms with Crippen LogP contribution in [0.2, 0.25) is 0 Å². The molecule has 1 heterocycles. The van der Waals surface area contributed by atoms with Gasteiger partial charge < -0.3 is 19.7 Å². The summed E-state index contributed by atoms with van der Waals surface area (Å²) in [6.45, 7) is 2.20. The van der Waals surface area contributed by atoms with Crippen molar-refractivity contribution in [1.29, 1.82) is 0 Å². The minimum absolute atomic E-state index is 0.160. The third kappa shape index (κ3) is 5.29. The van der Waals surface area contributed by atoms with E-state index in [1.54, 1.807) is 36.4 Å². The third-order valence-electron chi connectivity index (χ3n) is 4.37. The molecule has 0 spiro atoms. The number of thioether (sulfide) groups is 1. The molecule has 1 aliphatic rings. The molecule has 152 valence electrons. The van der Waals surface area contributed by atoms with Crippen LogP contribution in [-0.2, 0) is 14.3 Å². The molecule has 3 rings (SSSR count). The summed E-state index contributed by atoms with van der Waals surface area (Å²) in [5.74, 6) is 0.000379. The molecule has 2 aromatic rings. The van der Waals surface area contributed by atoms with Gasteiger partial charge in [-0.25, -0.2) is 0 Å². The second kappa shape index (κ2) is 9.47. The fourth-order valence-electron chi connectivity index (χ4n) is 2.91. The Morgan fingerprint density at radius 3 is 2.62 bits per heavy atom. The second-order valence-electron chi connectivity index (χ2n) is 6.51. The lowest BCUT2D eigenvalue weighted by Gasteiger charge is -2.21. The smallest absolute Gasteiger partial charge is 0.326 e. The van der Waals surface area contributed by atoms with E-state index in [2.05, 4.69) is 5.32 Å². The summed E-state index contributed by atoms with van der Waals surface area (Å²) in [6.07, 6.45) is -1.15. The number of anilines is 1. The first-order valence-corrected chi connectivity index (χ1v) is 10.1. The molecule has 2 aromatic carbocycles. The number of carbonyl (C=O) groups excluding carboxylic acids is 3. The Morgan fingerprint density at radius 2 is 1.97 bits per heavy atom. The molecule has 0 saturated carbocycles. The Bertz CT molecular complexity index is 903. The van der Waals surface area contributed by atoms with E-state index in [4.69, 9.17) is 9.47 Å². The number of nitrogens with zero attached hydrogens (tertiary/aromatic N) is 1. The highest BCUT2D eigenvalue weighted by atomic mass is 32.2. The molecule has 0 unspecified atom stereocenters. The molecule has 1 N–H and O–H groups in total. The molecule has 7 nitrogen and oxygen atoms in total.